The summed E-state index contributed by atoms with van der Waals surface area (Å²) in [5.74, 6) is -5.87. The smallest absolute Gasteiger partial charge is 0.323 e. The number of carboxylic acids is 6. The van der Waals surface area contributed by atoms with Crippen molar-refractivity contribution < 1.29 is 74.7 Å². The van der Waals surface area contributed by atoms with Gasteiger partial charge in [0, 0.05) is 23.5 Å². The van der Waals surface area contributed by atoms with Gasteiger partial charge in [0.15, 0.2) is 0 Å². The van der Waals surface area contributed by atoms with Crippen molar-refractivity contribution in [1.29, 1.82) is 0 Å². The maximum atomic E-state index is 10.6. The fourth-order valence-corrected chi connectivity index (χ4v) is 4.73. The van der Waals surface area contributed by atoms with Crippen LogP contribution in [0.5, 0.6) is 5.75 Å². The molecule has 21 N–H and O–H groups in total. The molecule has 0 aliphatic carbocycles. The Labute approximate surface area is 361 Å². The van der Waals surface area contributed by atoms with Gasteiger partial charge in [0.1, 0.15) is 42.0 Å². The van der Waals surface area contributed by atoms with Gasteiger partial charge in [-0.05, 0) is 74.0 Å². The molecule has 1 aromatic heterocycles. The van der Waals surface area contributed by atoms with Crippen LogP contribution in [0.15, 0.2) is 85.1 Å². The summed E-state index contributed by atoms with van der Waals surface area (Å²) in [6, 6.07) is 18.3. The number of hydrogen-bond acceptors (Lipinski definition) is 15. The number of phenolic OH excluding ortho intramolecular Hbond substituents is 1. The van der Waals surface area contributed by atoms with Crippen LogP contribution in [-0.2, 0) is 48.0 Å². The molecule has 3 aromatic carbocycles. The van der Waals surface area contributed by atoms with Crippen molar-refractivity contribution in [1.82, 2.24) is 10.3 Å². The van der Waals surface area contributed by atoms with Crippen LogP contribution < -0.4 is 34.0 Å². The van der Waals surface area contributed by atoms with Crippen molar-refractivity contribution in [2.45, 2.75) is 81.4 Å². The number of aliphatic hydroxyl groups excluding tert-OH is 2. The Morgan fingerprint density at radius 3 is 1.46 bits per heavy atom. The Bertz CT molecular complexity index is 1960. The minimum atomic E-state index is -1.18. The molecule has 1 saturated heterocycles. The quantitative estimate of drug-likeness (QED) is 0.0729. The number of aliphatic hydroxyl groups is 2. The first kappa shape index (κ1) is 56.5. The van der Waals surface area contributed by atoms with Crippen LogP contribution in [-0.4, -0.2) is 142 Å². The van der Waals surface area contributed by atoms with Gasteiger partial charge in [0.2, 0.25) is 0 Å². The molecule has 22 heteroatoms. The lowest BCUT2D eigenvalue weighted by molar-refractivity contribution is -0.141. The molecule has 7 atom stereocenters. The van der Waals surface area contributed by atoms with E-state index in [-0.39, 0.29) is 18.2 Å². The summed E-state index contributed by atoms with van der Waals surface area (Å²) in [7, 11) is 0. The fraction of sp³-hybridized carbons (Fsp3) is 0.366. The molecule has 2 heterocycles. The number of phenols is 1. The summed E-state index contributed by atoms with van der Waals surface area (Å²) in [4.78, 5) is 64.1. The lowest BCUT2D eigenvalue weighted by atomic mass is 10.1. The number of hydrogen-bond donors (Lipinski definition) is 16. The van der Waals surface area contributed by atoms with E-state index in [1.807, 2.05) is 60.8 Å². The van der Waals surface area contributed by atoms with Crippen LogP contribution in [0.4, 0.5) is 0 Å². The van der Waals surface area contributed by atoms with Crippen LogP contribution in [0.3, 0.4) is 0 Å². The summed E-state index contributed by atoms with van der Waals surface area (Å²) in [6.45, 7) is 1.69. The van der Waals surface area contributed by atoms with E-state index < -0.39 is 78.7 Å². The van der Waals surface area contributed by atoms with Crippen LogP contribution in [0.1, 0.15) is 36.5 Å². The molecule has 6 unspecified atom stereocenters. The maximum Gasteiger partial charge on any atom is 0.323 e. The first-order chi connectivity index (χ1) is 29.5. The topological polar surface area (TPSA) is 442 Å². The van der Waals surface area contributed by atoms with Crippen LogP contribution >= 0.6 is 0 Å². The molecule has 63 heavy (non-hydrogen) atoms. The van der Waals surface area contributed by atoms with E-state index in [0.717, 1.165) is 47.0 Å². The van der Waals surface area contributed by atoms with Crippen molar-refractivity contribution in [3.8, 4) is 5.75 Å². The molecule has 1 fully saturated rings. The Morgan fingerprint density at radius 1 is 0.635 bits per heavy atom. The number of benzene rings is 3. The van der Waals surface area contributed by atoms with E-state index >= 15 is 0 Å². The van der Waals surface area contributed by atoms with Crippen molar-refractivity contribution in [2.75, 3.05) is 13.2 Å². The molecule has 5 rings (SSSR count). The van der Waals surface area contributed by atoms with Crippen LogP contribution in [0, 0.1) is 0 Å². The zero-order chi connectivity index (χ0) is 48.2. The third-order valence-electron chi connectivity index (χ3n) is 8.43. The van der Waals surface area contributed by atoms with Crippen LogP contribution in [0.2, 0.25) is 0 Å². The Hall–Kier alpha value is -6.50. The number of nitrogens with one attached hydrogen (secondary N) is 2. The molecular weight excluding hydrogens is 830 g/mol. The predicted molar refractivity (Wildman–Crippen MR) is 229 cm³/mol. The van der Waals surface area contributed by atoms with Gasteiger partial charge in [0.25, 0.3) is 0 Å². The summed E-state index contributed by atoms with van der Waals surface area (Å²) in [5.41, 5.74) is 29.5. The van der Waals surface area contributed by atoms with E-state index in [9.17, 15) is 28.8 Å². The van der Waals surface area contributed by atoms with Crippen molar-refractivity contribution in [3.05, 3.63) is 102 Å². The zero-order valence-electron chi connectivity index (χ0n) is 34.4. The third kappa shape index (κ3) is 24.5. The average Bonchev–Trinajstić information content (AvgIpc) is 3.94. The minimum Gasteiger partial charge on any atom is -0.508 e. The van der Waals surface area contributed by atoms with Gasteiger partial charge < -0.3 is 84.9 Å². The molecule has 0 saturated carbocycles. The van der Waals surface area contributed by atoms with Gasteiger partial charge in [-0.15, -0.1) is 0 Å². The number of rotatable bonds is 14. The highest BCUT2D eigenvalue weighted by atomic mass is 16.4. The number of aromatic nitrogens is 1. The highest BCUT2D eigenvalue weighted by molar-refractivity contribution is 5.84. The monoisotopic (exact) mass is 889 g/mol. The lowest BCUT2D eigenvalue weighted by Crippen LogP contribution is -2.39. The summed E-state index contributed by atoms with van der Waals surface area (Å²) in [5, 5.41) is 79.4. The van der Waals surface area contributed by atoms with Crippen molar-refractivity contribution in [3.63, 3.8) is 0 Å². The molecule has 1 aliphatic rings. The molecule has 4 aromatic rings. The number of H-pyrrole nitrogens is 1. The number of para-hydroxylation sites is 1. The van der Waals surface area contributed by atoms with Crippen LogP contribution in [0.25, 0.3) is 10.9 Å². The van der Waals surface area contributed by atoms with Gasteiger partial charge >= 0.3 is 35.8 Å². The number of nitrogens with two attached hydrogens (primary N) is 5. The first-order valence-electron chi connectivity index (χ1n) is 19.1. The molecule has 22 nitrogen and oxygen atoms in total. The number of aliphatic carboxylic acids is 6. The zero-order valence-corrected chi connectivity index (χ0v) is 34.4. The van der Waals surface area contributed by atoms with E-state index in [1.165, 1.54) is 19.1 Å². The second kappa shape index (κ2) is 30.5. The maximum absolute atomic E-state index is 10.6. The lowest BCUT2D eigenvalue weighted by Gasteiger charge is -2.06. The Balaban J connectivity index is 0.000000749. The van der Waals surface area contributed by atoms with Crippen molar-refractivity contribution in [2.24, 2.45) is 28.7 Å². The largest absolute Gasteiger partial charge is 0.508 e. The van der Waals surface area contributed by atoms with E-state index in [4.69, 9.17) is 74.6 Å². The number of aromatic amines is 1. The van der Waals surface area contributed by atoms with E-state index in [1.54, 1.807) is 12.1 Å². The highest BCUT2D eigenvalue weighted by Gasteiger charge is 2.20. The SMILES string of the molecule is CC(O)C(N)C(=O)O.NC(CO)C(=O)O.NC(Cc1c[nH]c2ccccc12)C(=O)O.NC(Cc1ccc(O)cc1)C(=O)O.NC(Cc1ccccc1)C(=O)O.O=C(O)[C@@H]1CCCN1. The first-order valence-corrected chi connectivity index (χ1v) is 19.1. The summed E-state index contributed by atoms with van der Waals surface area (Å²) in [6.07, 6.45) is 3.62. The van der Waals surface area contributed by atoms with Gasteiger partial charge in [-0.25, -0.2) is 0 Å². The molecule has 0 bridgehead atoms. The second-order valence-corrected chi connectivity index (χ2v) is 13.7. The molecule has 0 spiro atoms. The molecule has 348 valence electrons. The van der Waals surface area contributed by atoms with Crippen molar-refractivity contribution >= 4 is 46.7 Å². The van der Waals surface area contributed by atoms with Gasteiger partial charge in [0.05, 0.1) is 12.7 Å². The molecular formula is C41H59N7O15. The van der Waals surface area contributed by atoms with Gasteiger partial charge in [-0.2, -0.15) is 0 Å². The Kier molecular flexibility index (Phi) is 27.4. The predicted octanol–water partition coefficient (Wildman–Crippen LogP) is -0.897. The van der Waals surface area contributed by atoms with Gasteiger partial charge in [-0.3, -0.25) is 28.8 Å². The average molecular weight is 890 g/mol. The summed E-state index contributed by atoms with van der Waals surface area (Å²) >= 11 is 0. The Morgan fingerprint density at radius 2 is 1.10 bits per heavy atom. The fourth-order valence-electron chi connectivity index (χ4n) is 4.73. The number of carboxylic acid groups (broad SMARTS) is 6. The molecule has 0 radical (unpaired) electrons. The summed E-state index contributed by atoms with van der Waals surface area (Å²) < 4.78 is 0. The minimum absolute atomic E-state index is 0.160. The van der Waals surface area contributed by atoms with Gasteiger partial charge in [-0.1, -0.05) is 60.7 Å². The molecule has 1 aliphatic heterocycles. The normalized spacial score (nSPS) is 15.3. The number of carbonyl (C=O) groups is 6. The third-order valence-corrected chi connectivity index (χ3v) is 8.43. The standard InChI is InChI=1S/C11H12N2O2.C9H11NO3.C9H11NO2.C5H9NO2.C4H9NO3.C3H7NO3/c12-9(11(14)15)5-7-6-13-10-4-2-1-3-8(7)10;10-8(9(12)13)5-6-1-3-7(11)4-2-6;10-8(9(11)12)6-7-4-2-1-3-5-7;7-5(8)4-2-1-3-6-4;1-2(6)3(5)4(7)8;4-2(1-5)3(6)7/h1-4,6,9,13H,5,12H2,(H,14,15);1-4,8,11H,5,10H2,(H,12,13);1-5,8H,6,10H2,(H,11,12);4,6H,1-3H2,(H,7,8);2-3,6H,5H2,1H3,(H,7,8);2,5H,1,4H2,(H,6,7)/t;;;4-;;/m...0../s1. The number of fused-ring (bicyclic) bond motifs is 1. The second-order valence-electron chi connectivity index (χ2n) is 13.7. The number of aromatic hydroxyl groups is 1. The molecule has 0 amide bonds. The van der Waals surface area contributed by atoms with E-state index in [2.05, 4.69) is 10.3 Å². The highest BCUT2D eigenvalue weighted by Crippen LogP contribution is 2.18. The van der Waals surface area contributed by atoms with E-state index in [0.29, 0.717) is 12.8 Å².